The van der Waals surface area contributed by atoms with E-state index in [2.05, 4.69) is 21.7 Å². The Kier molecular flexibility index (Phi) is 8.24. The predicted molar refractivity (Wildman–Crippen MR) is 112 cm³/mol. The summed E-state index contributed by atoms with van der Waals surface area (Å²) in [6.07, 6.45) is 3.95. The lowest BCUT2D eigenvalue weighted by atomic mass is 9.88. The molecule has 160 valence electrons. The maximum absolute atomic E-state index is 12.6. The Bertz CT molecular complexity index is 908. The number of aryl methyl sites for hydroxylation is 1. The summed E-state index contributed by atoms with van der Waals surface area (Å²) in [6.45, 7) is 0.188. The van der Waals surface area contributed by atoms with Gasteiger partial charge in [-0.05, 0) is 79.8 Å². The first-order valence-corrected chi connectivity index (χ1v) is 10.8. The van der Waals surface area contributed by atoms with Crippen LogP contribution in [0.4, 0.5) is 14.5 Å². The molecule has 9 heteroatoms. The van der Waals surface area contributed by atoms with Gasteiger partial charge in [0, 0.05) is 11.7 Å². The van der Waals surface area contributed by atoms with Crippen LogP contribution in [0, 0.1) is 0 Å². The normalized spacial score (nSPS) is 16.1. The molecule has 2 aromatic carbocycles. The highest BCUT2D eigenvalue weighted by Gasteiger charge is 2.20. The van der Waals surface area contributed by atoms with Gasteiger partial charge in [0.15, 0.2) is 0 Å². The second kappa shape index (κ2) is 10.2. The summed E-state index contributed by atoms with van der Waals surface area (Å²) in [6, 6.07) is 10.9. The maximum atomic E-state index is 12.6. The van der Waals surface area contributed by atoms with E-state index >= 15 is 0 Å². The van der Waals surface area contributed by atoms with E-state index in [0.717, 1.165) is 37.8 Å². The molecule has 2 aromatic rings. The first kappa shape index (κ1) is 23.4. The molecule has 0 unspecified atom stereocenters. The summed E-state index contributed by atoms with van der Waals surface area (Å²) in [5.74, 6) is -0.0889. The van der Waals surface area contributed by atoms with Gasteiger partial charge in [0.1, 0.15) is 5.75 Å². The van der Waals surface area contributed by atoms with Crippen LogP contribution in [0.25, 0.3) is 0 Å². The van der Waals surface area contributed by atoms with Gasteiger partial charge in [-0.25, -0.2) is 8.42 Å². The Labute approximate surface area is 176 Å². The van der Waals surface area contributed by atoms with Crippen molar-refractivity contribution in [3.05, 3.63) is 53.6 Å². The first-order valence-electron chi connectivity index (χ1n) is 9.30. The van der Waals surface area contributed by atoms with Crippen LogP contribution in [0.5, 0.6) is 5.75 Å². The zero-order valence-corrected chi connectivity index (χ0v) is 17.7. The number of fused-ring (bicyclic) bond motifs is 1. The lowest BCUT2D eigenvalue weighted by Gasteiger charge is -2.26. The predicted octanol–water partition coefficient (Wildman–Crippen LogP) is 4.37. The zero-order valence-electron chi connectivity index (χ0n) is 16.0. The molecule has 0 saturated heterocycles. The van der Waals surface area contributed by atoms with Crippen molar-refractivity contribution in [2.75, 3.05) is 11.3 Å². The van der Waals surface area contributed by atoms with Crippen molar-refractivity contribution in [3.8, 4) is 5.75 Å². The molecule has 0 amide bonds. The van der Waals surface area contributed by atoms with Gasteiger partial charge in [-0.1, -0.05) is 13.0 Å². The van der Waals surface area contributed by atoms with Crippen LogP contribution < -0.4 is 14.8 Å². The molecule has 0 spiro atoms. The molecule has 1 atom stereocenters. The van der Waals surface area contributed by atoms with Crippen molar-refractivity contribution in [2.45, 2.75) is 50.2 Å². The van der Waals surface area contributed by atoms with Crippen LogP contribution in [0.15, 0.2) is 47.4 Å². The first-order chi connectivity index (χ1) is 13.4. The minimum absolute atomic E-state index is 0. The van der Waals surface area contributed by atoms with Crippen LogP contribution in [0.3, 0.4) is 0 Å². The number of hydrogen-bond donors (Lipinski definition) is 2. The van der Waals surface area contributed by atoms with E-state index in [-0.39, 0.29) is 23.1 Å². The Balaban J connectivity index is 0.00000300. The highest BCUT2D eigenvalue weighted by Crippen LogP contribution is 2.26. The molecule has 2 N–H and O–H groups in total. The Morgan fingerprint density at radius 3 is 2.52 bits per heavy atom. The summed E-state index contributed by atoms with van der Waals surface area (Å²) in [5, 5.41) is 3.53. The highest BCUT2D eigenvalue weighted by atomic mass is 35.5. The number of halogens is 3. The third-order valence-electron chi connectivity index (χ3n) is 4.73. The van der Waals surface area contributed by atoms with Gasteiger partial charge >= 0.3 is 6.61 Å². The topological polar surface area (TPSA) is 67.4 Å². The molecule has 29 heavy (non-hydrogen) atoms. The second-order valence-corrected chi connectivity index (χ2v) is 8.52. The van der Waals surface area contributed by atoms with Crippen LogP contribution in [0.2, 0.25) is 0 Å². The molecule has 3 rings (SSSR count). The number of hydrogen-bond acceptors (Lipinski definition) is 4. The van der Waals surface area contributed by atoms with Crippen LogP contribution in [-0.4, -0.2) is 27.6 Å². The average Bonchev–Trinajstić information content (AvgIpc) is 2.66. The third-order valence-corrected chi connectivity index (χ3v) is 6.13. The number of nitrogens with one attached hydrogen (secondary N) is 2. The molecular formula is C20H25ClF2N2O3S. The lowest BCUT2D eigenvalue weighted by molar-refractivity contribution is -0.0498. The van der Waals surface area contributed by atoms with Gasteiger partial charge in [-0.15, -0.1) is 12.4 Å². The highest BCUT2D eigenvalue weighted by molar-refractivity contribution is 7.92. The number of rotatable bonds is 8. The van der Waals surface area contributed by atoms with Crippen molar-refractivity contribution in [3.63, 3.8) is 0 Å². The van der Waals surface area contributed by atoms with Gasteiger partial charge in [0.25, 0.3) is 10.0 Å². The summed E-state index contributed by atoms with van der Waals surface area (Å²) >= 11 is 0. The minimum atomic E-state index is -3.81. The quantitative estimate of drug-likeness (QED) is 0.632. The molecule has 0 aliphatic heterocycles. The van der Waals surface area contributed by atoms with Crippen LogP contribution in [-0.2, 0) is 22.9 Å². The van der Waals surface area contributed by atoms with Gasteiger partial charge in [-0.3, -0.25) is 4.72 Å². The SMILES string of the molecule is CCCN[C@H]1CCc2cc(NS(=O)(=O)c3ccc(OC(F)F)cc3)ccc2C1.Cl. The van der Waals surface area contributed by atoms with Crippen molar-refractivity contribution < 1.29 is 21.9 Å². The number of benzene rings is 2. The largest absolute Gasteiger partial charge is 0.435 e. The monoisotopic (exact) mass is 446 g/mol. The van der Waals surface area contributed by atoms with E-state index in [1.807, 2.05) is 12.1 Å². The third kappa shape index (κ3) is 6.29. The maximum Gasteiger partial charge on any atom is 0.387 e. The van der Waals surface area contributed by atoms with Crippen molar-refractivity contribution >= 4 is 28.1 Å². The minimum Gasteiger partial charge on any atom is -0.435 e. The van der Waals surface area contributed by atoms with E-state index in [1.165, 1.54) is 29.8 Å². The molecule has 1 aliphatic rings. The van der Waals surface area contributed by atoms with Gasteiger partial charge in [0.2, 0.25) is 0 Å². The van der Waals surface area contributed by atoms with E-state index in [4.69, 9.17) is 0 Å². The van der Waals surface area contributed by atoms with Gasteiger partial charge < -0.3 is 10.1 Å². The molecular weight excluding hydrogens is 422 g/mol. The van der Waals surface area contributed by atoms with Crippen LogP contribution >= 0.6 is 12.4 Å². The molecule has 5 nitrogen and oxygen atoms in total. The standard InChI is InChI=1S/C20H24F2N2O3S.ClH/c1-2-11-23-16-5-3-15-13-17(6-4-14(15)12-16)24-28(25,26)19-9-7-18(8-10-19)27-20(21)22;/h4,6-10,13,16,20,23-24H,2-3,5,11-12H2,1H3;1H/t16-;/m0./s1. The summed E-state index contributed by atoms with van der Waals surface area (Å²) < 4.78 is 56.3. The fourth-order valence-corrected chi connectivity index (χ4v) is 4.41. The molecule has 0 heterocycles. The molecule has 0 bridgehead atoms. The second-order valence-electron chi connectivity index (χ2n) is 6.83. The summed E-state index contributed by atoms with van der Waals surface area (Å²) in [4.78, 5) is -0.0179. The Morgan fingerprint density at radius 2 is 1.86 bits per heavy atom. The molecule has 1 aliphatic carbocycles. The molecule has 0 aromatic heterocycles. The average molecular weight is 447 g/mol. The van der Waals surface area contributed by atoms with E-state index in [0.29, 0.717) is 11.7 Å². The van der Waals surface area contributed by atoms with Crippen molar-refractivity contribution in [1.29, 1.82) is 0 Å². The van der Waals surface area contributed by atoms with Crippen LogP contribution in [0.1, 0.15) is 30.9 Å². The fraction of sp³-hybridized carbons (Fsp3) is 0.400. The zero-order chi connectivity index (χ0) is 20.1. The Morgan fingerprint density at radius 1 is 1.14 bits per heavy atom. The van der Waals surface area contributed by atoms with Crippen molar-refractivity contribution in [2.24, 2.45) is 0 Å². The van der Waals surface area contributed by atoms with Gasteiger partial charge in [-0.2, -0.15) is 8.78 Å². The smallest absolute Gasteiger partial charge is 0.387 e. The summed E-state index contributed by atoms with van der Waals surface area (Å²) in [5.41, 5.74) is 2.87. The Hall–Kier alpha value is -1.90. The number of anilines is 1. The van der Waals surface area contributed by atoms with E-state index < -0.39 is 16.6 Å². The molecule has 0 fully saturated rings. The number of sulfonamides is 1. The number of ether oxygens (including phenoxy) is 1. The van der Waals surface area contributed by atoms with E-state index in [9.17, 15) is 17.2 Å². The summed E-state index contributed by atoms with van der Waals surface area (Å²) in [7, 11) is -3.81. The fourth-order valence-electron chi connectivity index (χ4n) is 3.36. The molecule has 0 radical (unpaired) electrons. The van der Waals surface area contributed by atoms with Gasteiger partial charge in [0.05, 0.1) is 4.90 Å². The van der Waals surface area contributed by atoms with E-state index in [1.54, 1.807) is 6.07 Å². The lowest BCUT2D eigenvalue weighted by Crippen LogP contribution is -2.35. The number of alkyl halides is 2. The molecule has 0 saturated carbocycles. The van der Waals surface area contributed by atoms with Crippen molar-refractivity contribution in [1.82, 2.24) is 5.32 Å².